The van der Waals surface area contributed by atoms with Crippen molar-refractivity contribution in [3.05, 3.63) is 76.6 Å². The van der Waals surface area contributed by atoms with E-state index in [2.05, 4.69) is 25.9 Å². The molecule has 1 aliphatic rings. The molecular weight excluding hydrogens is 396 g/mol. The maximum atomic E-state index is 12.5. The first kappa shape index (κ1) is 20.0. The highest BCUT2D eigenvalue weighted by atomic mass is 32.2. The Hall–Kier alpha value is -3.32. The second-order valence-corrected chi connectivity index (χ2v) is 7.79. The van der Waals surface area contributed by atoms with Crippen LogP contribution in [0, 0.1) is 13.8 Å². The van der Waals surface area contributed by atoms with Gasteiger partial charge < -0.3 is 14.6 Å². The number of amides is 1. The van der Waals surface area contributed by atoms with Crippen molar-refractivity contribution in [3.8, 4) is 11.6 Å². The van der Waals surface area contributed by atoms with E-state index in [1.165, 1.54) is 11.8 Å². The van der Waals surface area contributed by atoms with Gasteiger partial charge in [0.15, 0.2) is 5.17 Å². The number of amidine groups is 1. The molecule has 1 fully saturated rings. The van der Waals surface area contributed by atoms with E-state index in [4.69, 9.17) is 4.74 Å². The third kappa shape index (κ3) is 4.16. The Balaban J connectivity index is 1.57. The molecule has 0 radical (unpaired) electrons. The first-order chi connectivity index (χ1) is 14.5. The van der Waals surface area contributed by atoms with Crippen molar-refractivity contribution >= 4 is 34.6 Å². The molecule has 30 heavy (non-hydrogen) atoms. The van der Waals surface area contributed by atoms with Crippen molar-refractivity contribution in [1.82, 2.24) is 14.9 Å². The summed E-state index contributed by atoms with van der Waals surface area (Å²) in [6.45, 7) is 6.63. The molecule has 6 nitrogen and oxygen atoms in total. The fraction of sp³-hybridized carbons (Fsp3) is 0.174. The Labute approximate surface area is 179 Å². The second kappa shape index (κ2) is 8.59. The number of aromatic nitrogens is 2. The van der Waals surface area contributed by atoms with E-state index < -0.39 is 0 Å². The number of ether oxygens (including phenoxy) is 1. The molecule has 1 N–H and O–H groups in total. The fourth-order valence-electron chi connectivity index (χ4n) is 3.29. The number of nitrogens with zero attached hydrogens (tertiary/aromatic N) is 3. The number of aryl methyl sites for hydroxylation is 1. The van der Waals surface area contributed by atoms with E-state index in [0.717, 1.165) is 34.2 Å². The zero-order valence-electron chi connectivity index (χ0n) is 17.0. The number of benzene rings is 1. The molecule has 0 spiro atoms. The normalized spacial score (nSPS) is 16.3. The molecule has 1 aromatic carbocycles. The van der Waals surface area contributed by atoms with Crippen LogP contribution in [0.4, 0.5) is 5.69 Å². The van der Waals surface area contributed by atoms with Crippen molar-refractivity contribution in [2.45, 2.75) is 20.8 Å². The van der Waals surface area contributed by atoms with Gasteiger partial charge in [0.25, 0.3) is 5.91 Å². The molecule has 152 valence electrons. The van der Waals surface area contributed by atoms with E-state index in [-0.39, 0.29) is 5.91 Å². The van der Waals surface area contributed by atoms with Gasteiger partial charge in [0.1, 0.15) is 11.6 Å². The Bertz CT molecular complexity index is 1130. The lowest BCUT2D eigenvalue weighted by Gasteiger charge is -2.07. The predicted octanol–water partition coefficient (Wildman–Crippen LogP) is 4.78. The zero-order valence-corrected chi connectivity index (χ0v) is 17.9. The van der Waals surface area contributed by atoms with E-state index in [1.807, 2.05) is 69.3 Å². The number of aliphatic imine (C=N–C) groups is 1. The highest BCUT2D eigenvalue weighted by Crippen LogP contribution is 2.30. The third-order valence-corrected chi connectivity index (χ3v) is 5.57. The minimum Gasteiger partial charge on any atom is -0.494 e. The number of nitrogens with one attached hydrogen (secondary N) is 1. The van der Waals surface area contributed by atoms with Gasteiger partial charge in [-0.25, -0.2) is 9.98 Å². The fourth-order valence-corrected chi connectivity index (χ4v) is 4.13. The summed E-state index contributed by atoms with van der Waals surface area (Å²) in [5.41, 5.74) is 3.84. The summed E-state index contributed by atoms with van der Waals surface area (Å²) in [5, 5.41) is 3.40. The molecule has 1 aliphatic heterocycles. The second-order valence-electron chi connectivity index (χ2n) is 6.76. The average Bonchev–Trinajstić information content (AvgIpc) is 3.22. The van der Waals surface area contributed by atoms with Crippen LogP contribution in [0.25, 0.3) is 11.9 Å². The first-order valence-corrected chi connectivity index (χ1v) is 10.5. The lowest BCUT2D eigenvalue weighted by molar-refractivity contribution is -0.115. The van der Waals surface area contributed by atoms with E-state index in [1.54, 1.807) is 6.20 Å². The van der Waals surface area contributed by atoms with Crippen LogP contribution in [0.2, 0.25) is 0 Å². The Morgan fingerprint density at radius 1 is 1.20 bits per heavy atom. The van der Waals surface area contributed by atoms with Gasteiger partial charge in [-0.1, -0.05) is 6.07 Å². The van der Waals surface area contributed by atoms with E-state index >= 15 is 0 Å². The van der Waals surface area contributed by atoms with Crippen molar-refractivity contribution in [3.63, 3.8) is 0 Å². The minimum absolute atomic E-state index is 0.146. The van der Waals surface area contributed by atoms with Crippen LogP contribution in [0.3, 0.4) is 0 Å². The topological polar surface area (TPSA) is 68.5 Å². The number of rotatable bonds is 5. The Morgan fingerprint density at radius 2 is 2.00 bits per heavy atom. The molecule has 4 rings (SSSR count). The van der Waals surface area contributed by atoms with Crippen molar-refractivity contribution < 1.29 is 9.53 Å². The summed E-state index contributed by atoms with van der Waals surface area (Å²) >= 11 is 1.34. The Kier molecular flexibility index (Phi) is 5.72. The van der Waals surface area contributed by atoms with Crippen LogP contribution >= 0.6 is 11.8 Å². The molecule has 0 bridgehead atoms. The van der Waals surface area contributed by atoms with Crippen LogP contribution in [0.5, 0.6) is 5.75 Å². The lowest BCUT2D eigenvalue weighted by Crippen LogP contribution is -2.19. The molecule has 0 saturated carbocycles. The van der Waals surface area contributed by atoms with Crippen molar-refractivity contribution in [2.75, 3.05) is 6.61 Å². The minimum atomic E-state index is -0.146. The van der Waals surface area contributed by atoms with Gasteiger partial charge in [0, 0.05) is 17.6 Å². The van der Waals surface area contributed by atoms with Crippen LogP contribution < -0.4 is 10.1 Å². The van der Waals surface area contributed by atoms with Gasteiger partial charge in [-0.3, -0.25) is 4.79 Å². The number of carbonyl (C=O) groups is 1. The smallest absolute Gasteiger partial charge is 0.264 e. The summed E-state index contributed by atoms with van der Waals surface area (Å²) in [6.07, 6.45) is 3.68. The van der Waals surface area contributed by atoms with Gasteiger partial charge in [-0.15, -0.1) is 0 Å². The van der Waals surface area contributed by atoms with Crippen LogP contribution in [0.1, 0.15) is 23.9 Å². The summed E-state index contributed by atoms with van der Waals surface area (Å²) in [7, 11) is 0. The van der Waals surface area contributed by atoms with Gasteiger partial charge >= 0.3 is 0 Å². The molecule has 0 atom stereocenters. The Morgan fingerprint density at radius 3 is 2.70 bits per heavy atom. The van der Waals surface area contributed by atoms with Crippen molar-refractivity contribution in [2.24, 2.45) is 4.99 Å². The molecule has 1 amide bonds. The SMILES string of the molecule is CCOc1ccc(N=C2NC(=O)/C(=C\c3cc(C)n(-c4ccccn4)c3C)S2)cc1. The zero-order chi connectivity index (χ0) is 21.1. The average molecular weight is 419 g/mol. The highest BCUT2D eigenvalue weighted by Gasteiger charge is 2.24. The summed E-state index contributed by atoms with van der Waals surface area (Å²) in [6, 6.07) is 15.4. The van der Waals surface area contributed by atoms with Gasteiger partial charge in [0.2, 0.25) is 0 Å². The number of thioether (sulfide) groups is 1. The molecule has 2 aromatic heterocycles. The molecule has 0 unspecified atom stereocenters. The quantitative estimate of drug-likeness (QED) is 0.606. The number of hydrogen-bond donors (Lipinski definition) is 1. The molecule has 0 aliphatic carbocycles. The summed E-state index contributed by atoms with van der Waals surface area (Å²) < 4.78 is 7.53. The summed E-state index contributed by atoms with van der Waals surface area (Å²) in [5.74, 6) is 1.51. The maximum Gasteiger partial charge on any atom is 0.264 e. The van der Waals surface area contributed by atoms with Gasteiger partial charge in [-0.2, -0.15) is 0 Å². The first-order valence-electron chi connectivity index (χ1n) is 9.68. The molecule has 7 heteroatoms. The van der Waals surface area contributed by atoms with Crippen LogP contribution in [-0.4, -0.2) is 27.2 Å². The summed E-state index contributed by atoms with van der Waals surface area (Å²) in [4.78, 5) is 22.1. The molecule has 1 saturated heterocycles. The molecular formula is C23H22N4O2S. The number of pyridine rings is 1. The van der Waals surface area contributed by atoms with Crippen LogP contribution in [-0.2, 0) is 4.79 Å². The van der Waals surface area contributed by atoms with Crippen LogP contribution in [0.15, 0.2) is 64.6 Å². The maximum absolute atomic E-state index is 12.5. The lowest BCUT2D eigenvalue weighted by atomic mass is 10.2. The standard InChI is InChI=1S/C23H22N4O2S/c1-4-29-19-10-8-18(9-11-19)25-23-26-22(28)20(30-23)14-17-13-15(2)27(16(17)3)21-7-5-6-12-24-21/h5-14H,4H2,1-3H3,(H,25,26,28)/b20-14+. The number of carbonyl (C=O) groups excluding carboxylic acids is 1. The molecule has 3 heterocycles. The molecule has 3 aromatic rings. The highest BCUT2D eigenvalue weighted by molar-refractivity contribution is 8.18. The van der Waals surface area contributed by atoms with Gasteiger partial charge in [0.05, 0.1) is 17.2 Å². The monoisotopic (exact) mass is 418 g/mol. The number of hydrogen-bond acceptors (Lipinski definition) is 5. The van der Waals surface area contributed by atoms with Gasteiger partial charge in [-0.05, 0) is 86.6 Å². The third-order valence-electron chi connectivity index (χ3n) is 4.66. The van der Waals surface area contributed by atoms with E-state index in [0.29, 0.717) is 16.7 Å². The van der Waals surface area contributed by atoms with E-state index in [9.17, 15) is 4.79 Å². The predicted molar refractivity (Wildman–Crippen MR) is 121 cm³/mol. The largest absolute Gasteiger partial charge is 0.494 e. The van der Waals surface area contributed by atoms with Crippen molar-refractivity contribution in [1.29, 1.82) is 0 Å².